The molecule has 0 spiro atoms. The molecule has 1 aliphatic heterocycles. The summed E-state index contributed by atoms with van der Waals surface area (Å²) in [5, 5.41) is 9.07. The van der Waals surface area contributed by atoms with Gasteiger partial charge in [0.2, 0.25) is 5.90 Å². The first-order valence-corrected chi connectivity index (χ1v) is 15.0. The Balaban J connectivity index is 1.50. The van der Waals surface area contributed by atoms with E-state index in [4.69, 9.17) is 33.8 Å². The van der Waals surface area contributed by atoms with E-state index in [1.54, 1.807) is 27.4 Å². The predicted octanol–water partition coefficient (Wildman–Crippen LogP) is 4.79. The number of ether oxygens (including phenoxy) is 5. The summed E-state index contributed by atoms with van der Waals surface area (Å²) < 4.78 is 28.6. The molecule has 0 fully saturated rings. The highest BCUT2D eigenvalue weighted by molar-refractivity contribution is 6.01. The fraction of sp³-hybridized carbons (Fsp3) is 0.278. The Labute approximate surface area is 268 Å². The van der Waals surface area contributed by atoms with E-state index in [1.807, 2.05) is 91.0 Å². The quantitative estimate of drug-likeness (QED) is 0.127. The van der Waals surface area contributed by atoms with Gasteiger partial charge in [0.15, 0.2) is 11.6 Å². The maximum Gasteiger partial charge on any atom is 0.266 e. The number of rotatable bonds is 15. The SMILES string of the molecule is COc1cc(CNNC(=O)[C@@]2(Cc3ccccc3)N=C(c3ccc(OCCCO)cc3)O[C@H]2c2cccc(OC)c2)cc(OC)c1. The number of aliphatic imine (C=N–C) groups is 1. The van der Waals surface area contributed by atoms with Gasteiger partial charge in [0.05, 0.1) is 27.9 Å². The first kappa shape index (κ1) is 32.3. The van der Waals surface area contributed by atoms with Gasteiger partial charge in [-0.3, -0.25) is 10.2 Å². The van der Waals surface area contributed by atoms with Gasteiger partial charge in [-0.2, -0.15) is 0 Å². The molecule has 0 unspecified atom stereocenters. The number of hydrogen-bond acceptors (Lipinski definition) is 9. The van der Waals surface area contributed by atoms with Crippen LogP contribution in [0.3, 0.4) is 0 Å². The van der Waals surface area contributed by atoms with E-state index in [0.717, 1.165) is 16.7 Å². The lowest BCUT2D eigenvalue weighted by Crippen LogP contribution is -2.53. The van der Waals surface area contributed by atoms with E-state index in [-0.39, 0.29) is 18.9 Å². The van der Waals surface area contributed by atoms with Crippen molar-refractivity contribution in [3.8, 4) is 23.0 Å². The molecule has 0 saturated carbocycles. The molecule has 0 aromatic heterocycles. The van der Waals surface area contributed by atoms with Gasteiger partial charge in [0.1, 0.15) is 23.0 Å². The molecule has 1 heterocycles. The van der Waals surface area contributed by atoms with Gasteiger partial charge >= 0.3 is 0 Å². The van der Waals surface area contributed by atoms with Crippen molar-refractivity contribution in [3.63, 3.8) is 0 Å². The molecule has 0 saturated heterocycles. The Bertz CT molecular complexity index is 1610. The molecular weight excluding hydrogens is 586 g/mol. The topological polar surface area (TPSA) is 120 Å². The van der Waals surface area contributed by atoms with Crippen LogP contribution in [0.15, 0.2) is 102 Å². The molecule has 1 aliphatic rings. The van der Waals surface area contributed by atoms with Crippen LogP contribution in [0.1, 0.15) is 34.8 Å². The van der Waals surface area contributed by atoms with Crippen molar-refractivity contribution in [1.29, 1.82) is 0 Å². The van der Waals surface area contributed by atoms with Crippen molar-refractivity contribution in [3.05, 3.63) is 119 Å². The van der Waals surface area contributed by atoms with Gasteiger partial charge in [-0.05, 0) is 65.2 Å². The van der Waals surface area contributed by atoms with Crippen LogP contribution >= 0.6 is 0 Å². The van der Waals surface area contributed by atoms with Crippen molar-refractivity contribution in [2.24, 2.45) is 4.99 Å². The van der Waals surface area contributed by atoms with Crippen LogP contribution < -0.4 is 29.8 Å². The Morgan fingerprint density at radius 3 is 2.22 bits per heavy atom. The van der Waals surface area contributed by atoms with Crippen molar-refractivity contribution in [1.82, 2.24) is 10.9 Å². The monoisotopic (exact) mass is 625 g/mol. The molecule has 4 aromatic carbocycles. The molecule has 1 amide bonds. The van der Waals surface area contributed by atoms with Crippen LogP contribution in [0.2, 0.25) is 0 Å². The number of carbonyl (C=O) groups is 1. The lowest BCUT2D eigenvalue weighted by Gasteiger charge is -2.31. The van der Waals surface area contributed by atoms with Crippen LogP contribution in [0, 0.1) is 0 Å². The summed E-state index contributed by atoms with van der Waals surface area (Å²) in [4.78, 5) is 19.5. The van der Waals surface area contributed by atoms with Gasteiger partial charge in [0, 0.05) is 37.6 Å². The van der Waals surface area contributed by atoms with Gasteiger partial charge in [-0.25, -0.2) is 10.4 Å². The predicted molar refractivity (Wildman–Crippen MR) is 174 cm³/mol. The summed E-state index contributed by atoms with van der Waals surface area (Å²) in [5.41, 5.74) is 7.82. The van der Waals surface area contributed by atoms with Crippen LogP contribution in [0.4, 0.5) is 0 Å². The highest BCUT2D eigenvalue weighted by Crippen LogP contribution is 2.43. The number of aliphatic hydroxyl groups is 1. The molecular formula is C36H39N3O7. The summed E-state index contributed by atoms with van der Waals surface area (Å²) >= 11 is 0. The normalized spacial score (nSPS) is 17.0. The average Bonchev–Trinajstić information content (AvgIpc) is 3.49. The molecule has 240 valence electrons. The summed E-state index contributed by atoms with van der Waals surface area (Å²) in [6.07, 6.45) is 0.0234. The largest absolute Gasteiger partial charge is 0.497 e. The summed E-state index contributed by atoms with van der Waals surface area (Å²) in [6.45, 7) is 0.767. The van der Waals surface area contributed by atoms with Crippen molar-refractivity contribution in [2.45, 2.75) is 31.0 Å². The first-order chi connectivity index (χ1) is 22.5. The highest BCUT2D eigenvalue weighted by atomic mass is 16.5. The highest BCUT2D eigenvalue weighted by Gasteiger charge is 2.53. The number of nitrogens with one attached hydrogen (secondary N) is 2. The van der Waals surface area contributed by atoms with Gasteiger partial charge in [-0.1, -0.05) is 42.5 Å². The molecule has 10 nitrogen and oxygen atoms in total. The second kappa shape index (κ2) is 15.3. The molecule has 0 aliphatic carbocycles. The van der Waals surface area contributed by atoms with E-state index in [1.165, 1.54) is 0 Å². The molecule has 10 heteroatoms. The van der Waals surface area contributed by atoms with Crippen LogP contribution in [-0.4, -0.2) is 57.0 Å². The van der Waals surface area contributed by atoms with Gasteiger partial charge < -0.3 is 28.8 Å². The van der Waals surface area contributed by atoms with E-state index in [9.17, 15) is 4.79 Å². The summed E-state index contributed by atoms with van der Waals surface area (Å²) in [5.74, 6) is 2.55. The lowest BCUT2D eigenvalue weighted by atomic mass is 9.82. The maximum absolute atomic E-state index is 14.4. The standard InChI is InChI=1S/C36H39N3O7/c1-42-30-12-7-11-28(21-30)33-36(23-25-9-5-4-6-10-25,35(41)39-37-24-26-19-31(43-2)22-32(20-26)44-3)38-34(46-33)27-13-15-29(16-14-27)45-18-8-17-40/h4-7,9-16,19-22,33,37,40H,8,17-18,23-24H2,1-3H3,(H,39,41)/t33-,36-/m0/s1. The molecule has 3 N–H and O–H groups in total. The molecule has 5 rings (SSSR count). The second-order valence-electron chi connectivity index (χ2n) is 10.8. The average molecular weight is 626 g/mol. The Morgan fingerprint density at radius 2 is 1.54 bits per heavy atom. The van der Waals surface area contributed by atoms with E-state index < -0.39 is 11.6 Å². The van der Waals surface area contributed by atoms with Crippen LogP contribution in [-0.2, 0) is 22.5 Å². The molecule has 0 radical (unpaired) electrons. The Hall–Kier alpha value is -5.06. The van der Waals surface area contributed by atoms with Crippen molar-refractivity contribution < 1.29 is 33.6 Å². The maximum atomic E-state index is 14.4. The smallest absolute Gasteiger partial charge is 0.266 e. The third kappa shape index (κ3) is 7.59. The number of nitrogens with zero attached hydrogens (tertiary/aromatic N) is 1. The van der Waals surface area contributed by atoms with Crippen LogP contribution in [0.5, 0.6) is 23.0 Å². The third-order valence-corrected chi connectivity index (χ3v) is 7.65. The number of hydrazine groups is 1. The number of methoxy groups -OCH3 is 3. The third-order valence-electron chi connectivity index (χ3n) is 7.65. The fourth-order valence-electron chi connectivity index (χ4n) is 5.30. The van der Waals surface area contributed by atoms with Crippen LogP contribution in [0.25, 0.3) is 0 Å². The second-order valence-corrected chi connectivity index (χ2v) is 10.8. The zero-order valence-electron chi connectivity index (χ0n) is 26.2. The molecule has 4 aromatic rings. The Kier molecular flexibility index (Phi) is 10.7. The molecule has 2 atom stereocenters. The van der Waals surface area contributed by atoms with E-state index in [2.05, 4.69) is 10.9 Å². The van der Waals surface area contributed by atoms with Crippen molar-refractivity contribution in [2.75, 3.05) is 34.5 Å². The number of carbonyl (C=O) groups excluding carboxylic acids is 1. The minimum absolute atomic E-state index is 0.0581. The van der Waals surface area contributed by atoms with Gasteiger partial charge in [-0.15, -0.1) is 0 Å². The number of hydrogen-bond donors (Lipinski definition) is 3. The minimum Gasteiger partial charge on any atom is -0.497 e. The number of amides is 1. The zero-order chi connectivity index (χ0) is 32.4. The van der Waals surface area contributed by atoms with Gasteiger partial charge in [0.25, 0.3) is 5.91 Å². The summed E-state index contributed by atoms with van der Waals surface area (Å²) in [7, 11) is 4.78. The minimum atomic E-state index is -1.39. The van der Waals surface area contributed by atoms with Crippen molar-refractivity contribution >= 4 is 11.8 Å². The van der Waals surface area contributed by atoms with E-state index in [0.29, 0.717) is 54.0 Å². The Morgan fingerprint density at radius 1 is 0.826 bits per heavy atom. The first-order valence-electron chi connectivity index (χ1n) is 15.0. The number of aliphatic hydroxyl groups excluding tert-OH is 1. The summed E-state index contributed by atoms with van der Waals surface area (Å²) in [6, 6.07) is 30.1. The molecule has 0 bridgehead atoms. The number of benzene rings is 4. The van der Waals surface area contributed by atoms with E-state index >= 15 is 0 Å². The zero-order valence-corrected chi connectivity index (χ0v) is 26.2. The lowest BCUT2D eigenvalue weighted by molar-refractivity contribution is -0.130. The molecule has 46 heavy (non-hydrogen) atoms. The fourth-order valence-corrected chi connectivity index (χ4v) is 5.30.